The van der Waals surface area contributed by atoms with E-state index in [0.29, 0.717) is 17.4 Å². The quantitative estimate of drug-likeness (QED) is 0.327. The maximum absolute atomic E-state index is 11.4. The maximum Gasteiger partial charge on any atom is 0.257 e. The number of thiophene rings is 1. The van der Waals surface area contributed by atoms with Crippen molar-refractivity contribution < 1.29 is 9.53 Å². The van der Waals surface area contributed by atoms with Crippen molar-refractivity contribution in [2.45, 2.75) is 39.3 Å². The van der Waals surface area contributed by atoms with Crippen LogP contribution in [0, 0.1) is 13.8 Å². The second kappa shape index (κ2) is 10.7. The van der Waals surface area contributed by atoms with E-state index in [4.69, 9.17) is 9.72 Å². The van der Waals surface area contributed by atoms with E-state index in [1.807, 2.05) is 41.8 Å². The third kappa shape index (κ3) is 5.37. The number of nitrogens with one attached hydrogen (secondary N) is 3. The summed E-state index contributed by atoms with van der Waals surface area (Å²) in [6.07, 6.45) is 4.10. The lowest BCUT2D eigenvalue weighted by Gasteiger charge is -2.33. The van der Waals surface area contributed by atoms with Crippen LogP contribution >= 0.6 is 11.3 Å². The Hall–Kier alpha value is -3.43. The Morgan fingerprint density at radius 2 is 1.94 bits per heavy atom. The van der Waals surface area contributed by atoms with Crippen LogP contribution in [0.3, 0.4) is 0 Å². The predicted octanol–water partition coefficient (Wildman–Crippen LogP) is 4.50. The molecule has 9 heteroatoms. The summed E-state index contributed by atoms with van der Waals surface area (Å²) in [7, 11) is 1.59. The molecule has 1 aromatic carbocycles. The largest absolute Gasteiger partial charge is 0.484 e. The van der Waals surface area contributed by atoms with Crippen molar-refractivity contribution in [2.24, 2.45) is 0 Å². The number of aryl methyl sites for hydroxylation is 2. The van der Waals surface area contributed by atoms with Crippen LogP contribution in [0.2, 0.25) is 0 Å². The number of anilines is 1. The van der Waals surface area contributed by atoms with Crippen molar-refractivity contribution in [1.82, 2.24) is 25.2 Å². The molecule has 8 nitrogen and oxygen atoms in total. The zero-order valence-corrected chi connectivity index (χ0v) is 21.7. The zero-order chi connectivity index (χ0) is 25.1. The second-order valence-electron chi connectivity index (χ2n) is 9.31. The molecule has 188 valence electrons. The molecule has 3 N–H and O–H groups in total. The number of hydrogen-bond acceptors (Lipinski definition) is 7. The molecule has 1 fully saturated rings. The second-order valence-corrected chi connectivity index (χ2v) is 10.3. The Kier molecular flexibility index (Phi) is 7.20. The minimum Gasteiger partial charge on any atom is -0.484 e. The molecule has 0 aliphatic carbocycles. The number of H-pyrrole nitrogens is 1. The Bertz CT molecular complexity index is 1340. The third-order valence-electron chi connectivity index (χ3n) is 6.76. The van der Waals surface area contributed by atoms with Crippen molar-refractivity contribution in [1.29, 1.82) is 0 Å². The molecule has 4 heterocycles. The number of benzene rings is 1. The van der Waals surface area contributed by atoms with Crippen LogP contribution in [0.15, 0.2) is 41.9 Å². The predicted molar refractivity (Wildman–Crippen MR) is 145 cm³/mol. The summed E-state index contributed by atoms with van der Waals surface area (Å²) in [5.74, 6) is 1.22. The number of pyridine rings is 1. The number of ether oxygens (including phenoxy) is 1. The minimum atomic E-state index is -0.166. The van der Waals surface area contributed by atoms with Gasteiger partial charge in [0.1, 0.15) is 17.1 Å². The first-order valence-corrected chi connectivity index (χ1v) is 13.2. The standard InChI is InChI=1S/C27H32N6O2S/c1-17-10-13-36-22(17)15-33-11-8-20(9-12-33)30-24-18(2)14-29-27-25(24)31-26(32-27)19-4-6-21(7-5-19)35-16-23(34)28-3/h4-7,10,13-14,20H,8-9,11-12,15-16H2,1-3H3,(H,28,34)(H2,29,30,31,32). The van der Waals surface area contributed by atoms with E-state index < -0.39 is 0 Å². The number of aromatic amines is 1. The number of likely N-dealkylation sites (N-methyl/N-ethyl adjacent to an activating group) is 1. The highest BCUT2D eigenvalue weighted by molar-refractivity contribution is 7.10. The summed E-state index contributed by atoms with van der Waals surface area (Å²) in [6, 6.07) is 10.2. The number of carbonyl (C=O) groups is 1. The first-order chi connectivity index (χ1) is 17.5. The van der Waals surface area contributed by atoms with Crippen molar-refractivity contribution >= 4 is 34.1 Å². The molecule has 0 radical (unpaired) electrons. The molecule has 0 atom stereocenters. The van der Waals surface area contributed by atoms with Crippen LogP contribution in [0.4, 0.5) is 5.69 Å². The van der Waals surface area contributed by atoms with Crippen LogP contribution in [-0.2, 0) is 11.3 Å². The molecule has 0 bridgehead atoms. The summed E-state index contributed by atoms with van der Waals surface area (Å²) in [5, 5.41) is 8.53. The van der Waals surface area contributed by atoms with Gasteiger partial charge < -0.3 is 20.4 Å². The van der Waals surface area contributed by atoms with Gasteiger partial charge in [0.2, 0.25) is 0 Å². The molecule has 5 rings (SSSR count). The minimum absolute atomic E-state index is 0.00862. The Morgan fingerprint density at radius 3 is 2.64 bits per heavy atom. The van der Waals surface area contributed by atoms with Gasteiger partial charge in [-0.05, 0) is 73.5 Å². The number of carbonyl (C=O) groups excluding carboxylic acids is 1. The molecule has 4 aromatic rings. The average Bonchev–Trinajstić information content (AvgIpc) is 3.52. The first kappa shape index (κ1) is 24.3. The summed E-state index contributed by atoms with van der Waals surface area (Å²) >= 11 is 1.86. The SMILES string of the molecule is CNC(=O)COc1ccc(-c2nc3ncc(C)c(NC4CCN(Cc5sccc5C)CC4)c3[nH]2)cc1. The van der Waals surface area contributed by atoms with Gasteiger partial charge in [-0.15, -0.1) is 11.3 Å². The highest BCUT2D eigenvalue weighted by Gasteiger charge is 2.22. The van der Waals surface area contributed by atoms with Gasteiger partial charge in [-0.3, -0.25) is 9.69 Å². The number of aromatic nitrogens is 3. The van der Waals surface area contributed by atoms with Gasteiger partial charge in [0.05, 0.1) is 5.69 Å². The lowest BCUT2D eigenvalue weighted by molar-refractivity contribution is -0.122. The number of imidazole rings is 1. The highest BCUT2D eigenvalue weighted by Crippen LogP contribution is 2.30. The van der Waals surface area contributed by atoms with E-state index in [2.05, 4.69) is 50.8 Å². The number of amides is 1. The molecule has 3 aromatic heterocycles. The number of hydrogen-bond donors (Lipinski definition) is 3. The zero-order valence-electron chi connectivity index (χ0n) is 20.9. The lowest BCUT2D eigenvalue weighted by atomic mass is 10.0. The molecular formula is C27H32N6O2S. The number of rotatable bonds is 8. The fourth-order valence-electron chi connectivity index (χ4n) is 4.51. The Labute approximate surface area is 215 Å². The van der Waals surface area contributed by atoms with Crippen molar-refractivity contribution in [3.8, 4) is 17.1 Å². The van der Waals surface area contributed by atoms with Gasteiger partial charge in [0.25, 0.3) is 5.91 Å². The molecule has 1 saturated heterocycles. The van der Waals surface area contributed by atoms with Crippen LogP contribution in [0.25, 0.3) is 22.6 Å². The van der Waals surface area contributed by atoms with Crippen LogP contribution < -0.4 is 15.4 Å². The van der Waals surface area contributed by atoms with Crippen molar-refractivity contribution in [3.05, 3.63) is 57.9 Å². The Balaban J connectivity index is 1.27. The summed E-state index contributed by atoms with van der Waals surface area (Å²) < 4.78 is 5.50. The van der Waals surface area contributed by atoms with Gasteiger partial charge in [-0.1, -0.05) is 0 Å². The van der Waals surface area contributed by atoms with Crippen molar-refractivity contribution in [2.75, 3.05) is 32.1 Å². The monoisotopic (exact) mass is 504 g/mol. The molecular weight excluding hydrogens is 472 g/mol. The van der Waals surface area contributed by atoms with Gasteiger partial charge in [-0.25, -0.2) is 9.97 Å². The molecule has 1 amide bonds. The molecule has 0 saturated carbocycles. The fraction of sp³-hybridized carbons (Fsp3) is 0.370. The van der Waals surface area contributed by atoms with E-state index in [9.17, 15) is 4.79 Å². The number of fused-ring (bicyclic) bond motifs is 1. The molecule has 1 aliphatic rings. The van der Waals surface area contributed by atoms with E-state index in [1.54, 1.807) is 7.05 Å². The highest BCUT2D eigenvalue weighted by atomic mass is 32.1. The topological polar surface area (TPSA) is 95.2 Å². The van der Waals surface area contributed by atoms with Gasteiger partial charge in [-0.2, -0.15) is 0 Å². The molecule has 36 heavy (non-hydrogen) atoms. The van der Waals surface area contributed by atoms with E-state index in [1.165, 1.54) is 10.4 Å². The smallest absolute Gasteiger partial charge is 0.257 e. The average molecular weight is 505 g/mol. The normalized spacial score (nSPS) is 14.8. The number of piperidine rings is 1. The van der Waals surface area contributed by atoms with Crippen molar-refractivity contribution in [3.63, 3.8) is 0 Å². The molecule has 0 spiro atoms. The maximum atomic E-state index is 11.4. The lowest BCUT2D eigenvalue weighted by Crippen LogP contribution is -2.38. The van der Waals surface area contributed by atoms with Crippen LogP contribution in [-0.4, -0.2) is 58.5 Å². The van der Waals surface area contributed by atoms with Crippen LogP contribution in [0.5, 0.6) is 5.75 Å². The summed E-state index contributed by atoms with van der Waals surface area (Å²) in [5.41, 5.74) is 6.14. The van der Waals surface area contributed by atoms with E-state index in [-0.39, 0.29) is 12.5 Å². The fourth-order valence-corrected chi connectivity index (χ4v) is 5.46. The van der Waals surface area contributed by atoms with Gasteiger partial charge >= 0.3 is 0 Å². The number of likely N-dealkylation sites (tertiary alicyclic amines) is 1. The summed E-state index contributed by atoms with van der Waals surface area (Å²) in [6.45, 7) is 7.50. The molecule has 0 unspecified atom stereocenters. The Morgan fingerprint density at radius 1 is 1.17 bits per heavy atom. The van der Waals surface area contributed by atoms with Crippen LogP contribution in [0.1, 0.15) is 28.8 Å². The van der Waals surface area contributed by atoms with Gasteiger partial charge in [0.15, 0.2) is 12.3 Å². The first-order valence-electron chi connectivity index (χ1n) is 12.3. The van der Waals surface area contributed by atoms with E-state index in [0.717, 1.165) is 60.6 Å². The summed E-state index contributed by atoms with van der Waals surface area (Å²) in [4.78, 5) is 28.2. The number of nitrogens with zero attached hydrogens (tertiary/aromatic N) is 3. The molecule has 1 aliphatic heterocycles. The van der Waals surface area contributed by atoms with Gasteiger partial charge in [0, 0.05) is 49.4 Å². The third-order valence-corrected chi connectivity index (χ3v) is 7.77. The van der Waals surface area contributed by atoms with E-state index >= 15 is 0 Å².